The van der Waals surface area contributed by atoms with Gasteiger partial charge in [0.1, 0.15) is 0 Å². The van der Waals surface area contributed by atoms with Gasteiger partial charge in [0.25, 0.3) is 5.91 Å². The van der Waals surface area contributed by atoms with E-state index in [0.717, 1.165) is 25.7 Å². The number of nitrogens with zero attached hydrogens (tertiary/aromatic N) is 2. The van der Waals surface area contributed by atoms with Crippen LogP contribution in [0.25, 0.3) is 0 Å². The molecule has 0 saturated heterocycles. The third kappa shape index (κ3) is 3.92. The molecule has 1 atom stereocenters. The van der Waals surface area contributed by atoms with Crippen LogP contribution in [0.4, 0.5) is 13.2 Å². The standard InChI is InChI=1S/C19H22F3N3O/c1-13-16(11-24-25(13)15-9-5-6-10-15)18(26)23-12-17(19(20,21)22)14-7-3-2-4-8-14/h2-4,7-8,11,15,17H,5-6,9-10,12H2,1H3,(H,23,26). The summed E-state index contributed by atoms with van der Waals surface area (Å²) in [6.07, 6.45) is 1.33. The van der Waals surface area contributed by atoms with E-state index in [1.807, 2.05) is 4.68 Å². The van der Waals surface area contributed by atoms with Crippen molar-refractivity contribution in [1.82, 2.24) is 15.1 Å². The van der Waals surface area contributed by atoms with Crippen molar-refractivity contribution in [3.8, 4) is 0 Å². The van der Waals surface area contributed by atoms with E-state index in [1.54, 1.807) is 25.1 Å². The fraction of sp³-hybridized carbons (Fsp3) is 0.474. The summed E-state index contributed by atoms with van der Waals surface area (Å²) in [5.41, 5.74) is 1.18. The van der Waals surface area contributed by atoms with E-state index < -0.39 is 24.5 Å². The molecule has 1 heterocycles. The number of rotatable bonds is 5. The predicted molar refractivity (Wildman–Crippen MR) is 92.0 cm³/mol. The Hall–Kier alpha value is -2.31. The molecular weight excluding hydrogens is 343 g/mol. The van der Waals surface area contributed by atoms with Crippen molar-refractivity contribution in [2.45, 2.75) is 50.7 Å². The molecule has 7 heteroatoms. The van der Waals surface area contributed by atoms with Gasteiger partial charge in [0.2, 0.25) is 0 Å². The minimum absolute atomic E-state index is 0.138. The third-order valence-corrected chi connectivity index (χ3v) is 5.02. The zero-order chi connectivity index (χ0) is 18.7. The summed E-state index contributed by atoms with van der Waals surface area (Å²) in [7, 11) is 0. The van der Waals surface area contributed by atoms with Gasteiger partial charge in [0.05, 0.1) is 23.7 Å². The van der Waals surface area contributed by atoms with Crippen LogP contribution in [0.1, 0.15) is 59.3 Å². The maximum absolute atomic E-state index is 13.4. The van der Waals surface area contributed by atoms with Crippen LogP contribution in [-0.4, -0.2) is 28.4 Å². The van der Waals surface area contributed by atoms with Gasteiger partial charge in [-0.1, -0.05) is 43.2 Å². The Morgan fingerprint density at radius 3 is 2.54 bits per heavy atom. The van der Waals surface area contributed by atoms with Gasteiger partial charge in [-0.05, 0) is 25.3 Å². The number of aromatic nitrogens is 2. The van der Waals surface area contributed by atoms with Crippen LogP contribution < -0.4 is 5.32 Å². The van der Waals surface area contributed by atoms with E-state index in [-0.39, 0.29) is 11.6 Å². The van der Waals surface area contributed by atoms with Crippen molar-refractivity contribution < 1.29 is 18.0 Å². The van der Waals surface area contributed by atoms with Crippen molar-refractivity contribution in [3.05, 3.63) is 53.3 Å². The normalized spacial score (nSPS) is 16.6. The summed E-state index contributed by atoms with van der Waals surface area (Å²) in [6, 6.07) is 7.92. The number of nitrogens with one attached hydrogen (secondary N) is 1. The summed E-state index contributed by atoms with van der Waals surface area (Å²) in [5.74, 6) is -2.25. The van der Waals surface area contributed by atoms with Crippen LogP contribution in [0.2, 0.25) is 0 Å². The minimum atomic E-state index is -4.43. The highest BCUT2D eigenvalue weighted by Crippen LogP contribution is 2.34. The average Bonchev–Trinajstić information content (AvgIpc) is 3.24. The molecule has 26 heavy (non-hydrogen) atoms. The molecule has 0 radical (unpaired) electrons. The number of carbonyl (C=O) groups is 1. The Morgan fingerprint density at radius 1 is 1.27 bits per heavy atom. The van der Waals surface area contributed by atoms with Crippen LogP contribution in [0, 0.1) is 6.92 Å². The van der Waals surface area contributed by atoms with Crippen LogP contribution in [0.15, 0.2) is 36.5 Å². The SMILES string of the molecule is Cc1c(C(=O)NCC(c2ccccc2)C(F)(F)F)cnn1C1CCCC1. The molecule has 1 aromatic carbocycles. The number of alkyl halides is 3. The molecular formula is C19H22F3N3O. The predicted octanol–water partition coefficient (Wildman–Crippen LogP) is 4.38. The molecule has 1 aliphatic carbocycles. The molecule has 4 nitrogen and oxygen atoms in total. The zero-order valence-electron chi connectivity index (χ0n) is 14.6. The quantitative estimate of drug-likeness (QED) is 0.855. The smallest absolute Gasteiger partial charge is 0.351 e. The third-order valence-electron chi connectivity index (χ3n) is 5.02. The topological polar surface area (TPSA) is 46.9 Å². The number of carbonyl (C=O) groups excluding carboxylic acids is 1. The molecule has 3 rings (SSSR count). The van der Waals surface area contributed by atoms with Gasteiger partial charge in [-0.25, -0.2) is 0 Å². The first-order valence-corrected chi connectivity index (χ1v) is 8.82. The van der Waals surface area contributed by atoms with Gasteiger partial charge in [0, 0.05) is 12.2 Å². The Bertz CT molecular complexity index is 749. The number of amides is 1. The van der Waals surface area contributed by atoms with Crippen molar-refractivity contribution in [1.29, 1.82) is 0 Å². The molecule has 0 spiro atoms. The molecule has 0 bridgehead atoms. The molecule has 1 fully saturated rings. The lowest BCUT2D eigenvalue weighted by molar-refractivity contribution is -0.149. The highest BCUT2D eigenvalue weighted by atomic mass is 19.4. The van der Waals surface area contributed by atoms with Crippen molar-refractivity contribution >= 4 is 5.91 Å². The molecule has 1 N–H and O–H groups in total. The van der Waals surface area contributed by atoms with E-state index in [9.17, 15) is 18.0 Å². The lowest BCUT2D eigenvalue weighted by Gasteiger charge is -2.21. The second-order valence-electron chi connectivity index (χ2n) is 6.74. The largest absolute Gasteiger partial charge is 0.397 e. The van der Waals surface area contributed by atoms with Crippen LogP contribution in [-0.2, 0) is 0 Å². The van der Waals surface area contributed by atoms with Gasteiger partial charge < -0.3 is 5.32 Å². The second kappa shape index (κ2) is 7.51. The summed E-state index contributed by atoms with van der Waals surface area (Å²) in [5, 5.41) is 6.72. The summed E-state index contributed by atoms with van der Waals surface area (Å²) >= 11 is 0. The number of hydrogen-bond donors (Lipinski definition) is 1. The van der Waals surface area contributed by atoms with Crippen molar-refractivity contribution in [2.24, 2.45) is 0 Å². The molecule has 1 saturated carbocycles. The highest BCUT2D eigenvalue weighted by molar-refractivity contribution is 5.95. The first-order valence-electron chi connectivity index (χ1n) is 8.82. The van der Waals surface area contributed by atoms with Crippen molar-refractivity contribution in [2.75, 3.05) is 6.54 Å². The average molecular weight is 365 g/mol. The zero-order valence-corrected chi connectivity index (χ0v) is 14.6. The van der Waals surface area contributed by atoms with E-state index in [2.05, 4.69) is 10.4 Å². The first-order chi connectivity index (χ1) is 12.4. The van der Waals surface area contributed by atoms with Crippen LogP contribution in [0.3, 0.4) is 0 Å². The Balaban J connectivity index is 1.71. The Kier molecular flexibility index (Phi) is 5.34. The number of benzene rings is 1. The van der Waals surface area contributed by atoms with E-state index in [1.165, 1.54) is 18.3 Å². The lowest BCUT2D eigenvalue weighted by Crippen LogP contribution is -2.35. The summed E-state index contributed by atoms with van der Waals surface area (Å²) < 4.78 is 42.0. The first kappa shape index (κ1) is 18.5. The van der Waals surface area contributed by atoms with Gasteiger partial charge in [-0.2, -0.15) is 18.3 Å². The Labute approximate surface area is 150 Å². The highest BCUT2D eigenvalue weighted by Gasteiger charge is 2.40. The molecule has 1 amide bonds. The van der Waals surface area contributed by atoms with Gasteiger partial charge >= 0.3 is 6.18 Å². The Morgan fingerprint density at radius 2 is 1.92 bits per heavy atom. The lowest BCUT2D eigenvalue weighted by atomic mass is 9.98. The summed E-state index contributed by atoms with van der Waals surface area (Å²) in [6.45, 7) is 1.29. The summed E-state index contributed by atoms with van der Waals surface area (Å²) in [4.78, 5) is 12.4. The molecule has 1 aliphatic rings. The maximum Gasteiger partial charge on any atom is 0.397 e. The van der Waals surface area contributed by atoms with E-state index in [0.29, 0.717) is 11.3 Å². The molecule has 2 aromatic rings. The number of hydrogen-bond acceptors (Lipinski definition) is 2. The van der Waals surface area contributed by atoms with Gasteiger partial charge in [0.15, 0.2) is 0 Å². The van der Waals surface area contributed by atoms with Gasteiger partial charge in [-0.3, -0.25) is 9.48 Å². The van der Waals surface area contributed by atoms with E-state index >= 15 is 0 Å². The molecule has 1 aromatic heterocycles. The molecule has 140 valence electrons. The minimum Gasteiger partial charge on any atom is -0.351 e. The number of halogens is 3. The molecule has 0 aliphatic heterocycles. The van der Waals surface area contributed by atoms with Crippen LogP contribution in [0.5, 0.6) is 0 Å². The second-order valence-corrected chi connectivity index (χ2v) is 6.74. The van der Waals surface area contributed by atoms with Crippen LogP contribution >= 0.6 is 0 Å². The maximum atomic E-state index is 13.4. The molecule has 1 unspecified atom stereocenters. The van der Waals surface area contributed by atoms with Crippen molar-refractivity contribution in [3.63, 3.8) is 0 Å². The monoisotopic (exact) mass is 365 g/mol. The van der Waals surface area contributed by atoms with Gasteiger partial charge in [-0.15, -0.1) is 0 Å². The van der Waals surface area contributed by atoms with E-state index in [4.69, 9.17) is 0 Å². The fourth-order valence-corrected chi connectivity index (χ4v) is 3.56. The fourth-order valence-electron chi connectivity index (χ4n) is 3.56.